The largest absolute Gasteiger partial charge is 0.309 e. The highest BCUT2D eigenvalue weighted by Gasteiger charge is 2.33. The Bertz CT molecular complexity index is 565. The molecule has 2 atom stereocenters. The lowest BCUT2D eigenvalue weighted by atomic mass is 10.1. The van der Waals surface area contributed by atoms with Crippen molar-refractivity contribution >= 4 is 11.8 Å². The molecule has 0 fully saturated rings. The van der Waals surface area contributed by atoms with E-state index in [-0.39, 0.29) is 0 Å². The SMILES string of the molecule is CN(C)CC1Cc2ccccc2C1Sc1ccccc1. The Morgan fingerprint density at radius 1 is 1.00 bits per heavy atom. The lowest BCUT2D eigenvalue weighted by Crippen LogP contribution is -2.23. The van der Waals surface area contributed by atoms with Crippen LogP contribution in [0.3, 0.4) is 0 Å². The van der Waals surface area contributed by atoms with Gasteiger partial charge in [0.1, 0.15) is 0 Å². The monoisotopic (exact) mass is 283 g/mol. The summed E-state index contributed by atoms with van der Waals surface area (Å²) in [7, 11) is 4.35. The maximum atomic E-state index is 2.31. The molecule has 0 saturated carbocycles. The Labute approximate surface area is 126 Å². The van der Waals surface area contributed by atoms with Crippen molar-refractivity contribution in [3.05, 3.63) is 65.7 Å². The van der Waals surface area contributed by atoms with Crippen molar-refractivity contribution in [2.75, 3.05) is 20.6 Å². The zero-order valence-electron chi connectivity index (χ0n) is 12.1. The molecule has 0 N–H and O–H groups in total. The van der Waals surface area contributed by atoms with Gasteiger partial charge in [0.2, 0.25) is 0 Å². The number of hydrogen-bond acceptors (Lipinski definition) is 2. The van der Waals surface area contributed by atoms with Crippen molar-refractivity contribution in [1.29, 1.82) is 0 Å². The molecule has 2 heteroatoms. The summed E-state index contributed by atoms with van der Waals surface area (Å²) in [6.07, 6.45) is 1.21. The molecular weight excluding hydrogens is 262 g/mol. The molecule has 2 aromatic rings. The van der Waals surface area contributed by atoms with E-state index in [0.717, 1.165) is 6.54 Å². The summed E-state index contributed by atoms with van der Waals surface area (Å²) in [6, 6.07) is 19.7. The van der Waals surface area contributed by atoms with Crippen LogP contribution in [0.5, 0.6) is 0 Å². The number of rotatable bonds is 4. The third kappa shape index (κ3) is 2.92. The second-order valence-corrected chi connectivity index (χ2v) is 6.99. The minimum absolute atomic E-state index is 0.580. The quantitative estimate of drug-likeness (QED) is 0.825. The molecule has 3 rings (SSSR count). The zero-order chi connectivity index (χ0) is 13.9. The minimum atomic E-state index is 0.580. The second kappa shape index (κ2) is 6.02. The highest BCUT2D eigenvalue weighted by molar-refractivity contribution is 7.99. The van der Waals surface area contributed by atoms with Crippen LogP contribution >= 0.6 is 11.8 Å². The van der Waals surface area contributed by atoms with Crippen molar-refractivity contribution < 1.29 is 0 Å². The van der Waals surface area contributed by atoms with Gasteiger partial charge in [0.15, 0.2) is 0 Å². The number of hydrogen-bond donors (Lipinski definition) is 0. The van der Waals surface area contributed by atoms with Gasteiger partial charge >= 0.3 is 0 Å². The summed E-state index contributed by atoms with van der Waals surface area (Å²) in [5.74, 6) is 0.701. The first-order valence-corrected chi connectivity index (χ1v) is 8.06. The van der Waals surface area contributed by atoms with Gasteiger partial charge in [-0.3, -0.25) is 0 Å². The molecule has 0 saturated heterocycles. The zero-order valence-corrected chi connectivity index (χ0v) is 12.9. The van der Waals surface area contributed by atoms with Crippen LogP contribution in [0.4, 0.5) is 0 Å². The Hall–Kier alpha value is -1.25. The molecule has 0 heterocycles. The van der Waals surface area contributed by atoms with E-state index in [0.29, 0.717) is 11.2 Å². The fraction of sp³-hybridized carbons (Fsp3) is 0.333. The van der Waals surface area contributed by atoms with E-state index in [9.17, 15) is 0 Å². The van der Waals surface area contributed by atoms with Gasteiger partial charge in [-0.15, -0.1) is 11.8 Å². The van der Waals surface area contributed by atoms with Crippen molar-refractivity contribution in [3.63, 3.8) is 0 Å². The van der Waals surface area contributed by atoms with E-state index >= 15 is 0 Å². The van der Waals surface area contributed by atoms with Crippen molar-refractivity contribution in [2.24, 2.45) is 5.92 Å². The highest BCUT2D eigenvalue weighted by atomic mass is 32.2. The van der Waals surface area contributed by atoms with Crippen LogP contribution < -0.4 is 0 Å². The summed E-state index contributed by atoms with van der Waals surface area (Å²) >= 11 is 2.02. The van der Waals surface area contributed by atoms with Gasteiger partial charge < -0.3 is 4.90 Å². The van der Waals surface area contributed by atoms with Crippen LogP contribution in [0.25, 0.3) is 0 Å². The maximum Gasteiger partial charge on any atom is 0.0390 e. The Morgan fingerprint density at radius 2 is 1.70 bits per heavy atom. The summed E-state index contributed by atoms with van der Waals surface area (Å²) in [5.41, 5.74) is 3.07. The van der Waals surface area contributed by atoms with E-state index in [2.05, 4.69) is 73.6 Å². The van der Waals surface area contributed by atoms with Gasteiger partial charge in [-0.05, 0) is 49.7 Å². The Balaban J connectivity index is 1.87. The first-order chi connectivity index (χ1) is 9.74. The van der Waals surface area contributed by atoms with Crippen molar-refractivity contribution in [2.45, 2.75) is 16.6 Å². The van der Waals surface area contributed by atoms with Crippen LogP contribution in [0.1, 0.15) is 16.4 Å². The average molecular weight is 283 g/mol. The lowest BCUT2D eigenvalue weighted by molar-refractivity contribution is 0.329. The molecule has 0 spiro atoms. The van der Waals surface area contributed by atoms with Crippen LogP contribution in [0.15, 0.2) is 59.5 Å². The molecule has 0 bridgehead atoms. The predicted octanol–water partition coefficient (Wildman–Crippen LogP) is 4.25. The predicted molar refractivity (Wildman–Crippen MR) is 87.2 cm³/mol. The molecule has 1 aliphatic carbocycles. The van der Waals surface area contributed by atoms with Gasteiger partial charge in [0.25, 0.3) is 0 Å². The molecule has 0 amide bonds. The maximum absolute atomic E-state index is 2.31. The molecule has 0 radical (unpaired) electrons. The average Bonchev–Trinajstić information content (AvgIpc) is 2.77. The van der Waals surface area contributed by atoms with Crippen molar-refractivity contribution in [3.8, 4) is 0 Å². The van der Waals surface area contributed by atoms with E-state index in [1.807, 2.05) is 11.8 Å². The third-order valence-corrected chi connectivity index (χ3v) is 5.31. The Morgan fingerprint density at radius 3 is 2.45 bits per heavy atom. The van der Waals surface area contributed by atoms with Crippen LogP contribution in [0, 0.1) is 5.92 Å². The molecule has 2 aromatic carbocycles. The van der Waals surface area contributed by atoms with Crippen LogP contribution in [0.2, 0.25) is 0 Å². The molecule has 104 valence electrons. The van der Waals surface area contributed by atoms with E-state index in [1.54, 1.807) is 0 Å². The highest BCUT2D eigenvalue weighted by Crippen LogP contribution is 2.48. The first kappa shape index (κ1) is 13.7. The smallest absolute Gasteiger partial charge is 0.0390 e. The fourth-order valence-electron chi connectivity index (χ4n) is 3.08. The summed E-state index contributed by atoms with van der Waals surface area (Å²) in [6.45, 7) is 1.15. The van der Waals surface area contributed by atoms with E-state index < -0.39 is 0 Å². The second-order valence-electron chi connectivity index (χ2n) is 5.78. The van der Waals surface area contributed by atoms with Crippen molar-refractivity contribution in [1.82, 2.24) is 4.90 Å². The summed E-state index contributed by atoms with van der Waals surface area (Å²) in [4.78, 5) is 3.69. The number of nitrogens with zero attached hydrogens (tertiary/aromatic N) is 1. The molecule has 2 unspecified atom stereocenters. The van der Waals surface area contributed by atoms with E-state index in [1.165, 1.54) is 22.4 Å². The first-order valence-electron chi connectivity index (χ1n) is 7.18. The number of fused-ring (bicyclic) bond motifs is 1. The molecule has 1 nitrogen and oxygen atoms in total. The standard InChI is InChI=1S/C18H21NS/c1-19(2)13-15-12-14-8-6-7-11-17(14)18(15)20-16-9-4-3-5-10-16/h3-11,15,18H,12-13H2,1-2H3. The van der Waals surface area contributed by atoms with Crippen LogP contribution in [-0.4, -0.2) is 25.5 Å². The molecule has 1 aliphatic rings. The van der Waals surface area contributed by atoms with Gasteiger partial charge in [-0.25, -0.2) is 0 Å². The Kier molecular flexibility index (Phi) is 4.13. The van der Waals surface area contributed by atoms with Gasteiger partial charge in [-0.1, -0.05) is 42.5 Å². The molecular formula is C18H21NS. The van der Waals surface area contributed by atoms with Crippen LogP contribution in [-0.2, 0) is 6.42 Å². The number of benzene rings is 2. The normalized spacial score (nSPS) is 21.1. The third-order valence-electron chi connectivity index (χ3n) is 3.88. The van der Waals surface area contributed by atoms with Gasteiger partial charge in [0, 0.05) is 16.7 Å². The van der Waals surface area contributed by atoms with E-state index in [4.69, 9.17) is 0 Å². The fourth-order valence-corrected chi connectivity index (χ4v) is 4.41. The lowest BCUT2D eigenvalue weighted by Gasteiger charge is -2.23. The minimum Gasteiger partial charge on any atom is -0.309 e. The number of thioether (sulfide) groups is 1. The molecule has 20 heavy (non-hydrogen) atoms. The topological polar surface area (TPSA) is 3.24 Å². The van der Waals surface area contributed by atoms with Gasteiger partial charge in [0.05, 0.1) is 0 Å². The van der Waals surface area contributed by atoms with Gasteiger partial charge in [-0.2, -0.15) is 0 Å². The molecule has 0 aliphatic heterocycles. The summed E-state index contributed by atoms with van der Waals surface area (Å²) < 4.78 is 0. The summed E-state index contributed by atoms with van der Waals surface area (Å²) in [5, 5.41) is 0.580. The molecule has 0 aromatic heterocycles.